The van der Waals surface area contributed by atoms with E-state index in [1.807, 2.05) is 37.4 Å². The maximum atomic E-state index is 12.6. The number of nitrogens with zero attached hydrogens (tertiary/aromatic N) is 3. The summed E-state index contributed by atoms with van der Waals surface area (Å²) < 4.78 is 12.5. The van der Waals surface area contributed by atoms with Crippen LogP contribution in [0.25, 0.3) is 5.65 Å². The molecule has 178 valence electrons. The molecular formula is C26H25N5O4. The van der Waals surface area contributed by atoms with Crippen LogP contribution in [-0.2, 0) is 4.79 Å². The van der Waals surface area contributed by atoms with Crippen molar-refractivity contribution in [2.24, 2.45) is 5.10 Å². The van der Waals surface area contributed by atoms with E-state index in [-0.39, 0.29) is 18.4 Å². The number of nitrogens with one attached hydrogen (secondary N) is 2. The lowest BCUT2D eigenvalue weighted by Gasteiger charge is -2.10. The first kappa shape index (κ1) is 23.5. The summed E-state index contributed by atoms with van der Waals surface area (Å²) in [7, 11) is 1.54. The molecule has 2 heterocycles. The monoisotopic (exact) mass is 471 g/mol. The quantitative estimate of drug-likeness (QED) is 0.301. The van der Waals surface area contributed by atoms with Gasteiger partial charge in [0, 0.05) is 6.20 Å². The Morgan fingerprint density at radius 3 is 2.63 bits per heavy atom. The van der Waals surface area contributed by atoms with Gasteiger partial charge in [-0.25, -0.2) is 10.4 Å². The van der Waals surface area contributed by atoms with Gasteiger partial charge in [-0.2, -0.15) is 5.10 Å². The van der Waals surface area contributed by atoms with Crippen LogP contribution in [0.4, 0.5) is 5.69 Å². The van der Waals surface area contributed by atoms with Gasteiger partial charge < -0.3 is 14.8 Å². The number of rotatable bonds is 8. The molecule has 0 atom stereocenters. The number of hydrazone groups is 1. The van der Waals surface area contributed by atoms with Crippen LogP contribution in [0.15, 0.2) is 72.0 Å². The fraction of sp³-hybridized carbons (Fsp3) is 0.154. The topological polar surface area (TPSA) is 106 Å². The van der Waals surface area contributed by atoms with Crippen molar-refractivity contribution in [3.8, 4) is 11.5 Å². The SMILES string of the molecule is COc1ccccc1NC(=O)COc1ccc(/C=N\NC(=O)c2c(C)nc3cc(C)ccn23)cc1. The number of carbonyl (C=O) groups excluding carboxylic acids is 2. The number of benzene rings is 2. The minimum atomic E-state index is -0.351. The lowest BCUT2D eigenvalue weighted by Crippen LogP contribution is -2.20. The van der Waals surface area contributed by atoms with Crippen molar-refractivity contribution in [1.82, 2.24) is 14.8 Å². The highest BCUT2D eigenvalue weighted by atomic mass is 16.5. The van der Waals surface area contributed by atoms with Gasteiger partial charge in [-0.3, -0.25) is 14.0 Å². The molecule has 0 saturated heterocycles. The van der Waals surface area contributed by atoms with Gasteiger partial charge in [-0.15, -0.1) is 0 Å². The second-order valence-corrected chi connectivity index (χ2v) is 7.78. The van der Waals surface area contributed by atoms with E-state index < -0.39 is 0 Å². The Labute approximate surface area is 202 Å². The molecule has 2 amide bonds. The van der Waals surface area contributed by atoms with Gasteiger partial charge in [-0.05, 0) is 73.5 Å². The summed E-state index contributed by atoms with van der Waals surface area (Å²) in [6.07, 6.45) is 3.34. The van der Waals surface area contributed by atoms with Gasteiger partial charge in [0.1, 0.15) is 22.8 Å². The Bertz CT molecular complexity index is 1390. The lowest BCUT2D eigenvalue weighted by atomic mass is 10.2. The zero-order valence-corrected chi connectivity index (χ0v) is 19.6. The molecule has 0 aliphatic rings. The highest BCUT2D eigenvalue weighted by Crippen LogP contribution is 2.23. The minimum Gasteiger partial charge on any atom is -0.495 e. The fourth-order valence-electron chi connectivity index (χ4n) is 3.49. The maximum absolute atomic E-state index is 12.6. The predicted molar refractivity (Wildman–Crippen MR) is 133 cm³/mol. The van der Waals surface area contributed by atoms with E-state index in [1.165, 1.54) is 6.21 Å². The minimum absolute atomic E-state index is 0.153. The summed E-state index contributed by atoms with van der Waals surface area (Å²) in [6, 6.07) is 18.0. The summed E-state index contributed by atoms with van der Waals surface area (Å²) in [4.78, 5) is 29.3. The van der Waals surface area contributed by atoms with Crippen LogP contribution in [0.2, 0.25) is 0 Å². The summed E-state index contributed by atoms with van der Waals surface area (Å²) in [5.41, 5.74) is 6.71. The molecule has 2 N–H and O–H groups in total. The van der Waals surface area contributed by atoms with Crippen molar-refractivity contribution in [1.29, 1.82) is 0 Å². The Hall–Kier alpha value is -4.66. The van der Waals surface area contributed by atoms with Crippen LogP contribution in [0.3, 0.4) is 0 Å². The number of ether oxygens (including phenoxy) is 2. The second-order valence-electron chi connectivity index (χ2n) is 7.78. The molecule has 0 spiro atoms. The van der Waals surface area contributed by atoms with E-state index in [1.54, 1.807) is 54.8 Å². The van der Waals surface area contributed by atoms with Crippen molar-refractivity contribution in [3.05, 3.63) is 89.4 Å². The Balaban J connectivity index is 1.30. The average molecular weight is 472 g/mol. The number of imidazole rings is 1. The van der Waals surface area contributed by atoms with E-state index in [4.69, 9.17) is 9.47 Å². The molecule has 9 heteroatoms. The predicted octanol–water partition coefficient (Wildman–Crippen LogP) is 3.74. The number of methoxy groups -OCH3 is 1. The number of aryl methyl sites for hydroxylation is 2. The third-order valence-electron chi connectivity index (χ3n) is 5.18. The highest BCUT2D eigenvalue weighted by Gasteiger charge is 2.16. The Morgan fingerprint density at radius 1 is 1.09 bits per heavy atom. The molecule has 0 bridgehead atoms. The summed E-state index contributed by atoms with van der Waals surface area (Å²) in [6.45, 7) is 3.61. The molecule has 9 nitrogen and oxygen atoms in total. The van der Waals surface area contributed by atoms with E-state index in [0.717, 1.165) is 11.1 Å². The standard InChI is InChI=1S/C26H25N5O4/c1-17-12-13-31-23(14-17)28-18(2)25(31)26(33)30-27-15-19-8-10-20(11-9-19)35-16-24(32)29-21-6-4-5-7-22(21)34-3/h4-15H,16H2,1-3H3,(H,29,32)(H,30,33)/b27-15-. The number of aromatic nitrogens is 2. The number of para-hydroxylation sites is 2. The smallest absolute Gasteiger partial charge is 0.290 e. The van der Waals surface area contributed by atoms with Crippen molar-refractivity contribution in [2.45, 2.75) is 13.8 Å². The third-order valence-corrected chi connectivity index (χ3v) is 5.18. The van der Waals surface area contributed by atoms with Gasteiger partial charge in [-0.1, -0.05) is 12.1 Å². The third kappa shape index (κ3) is 5.64. The molecule has 0 saturated carbocycles. The van der Waals surface area contributed by atoms with Crippen molar-refractivity contribution < 1.29 is 19.1 Å². The van der Waals surface area contributed by atoms with Gasteiger partial charge in [0.25, 0.3) is 11.8 Å². The highest BCUT2D eigenvalue weighted by molar-refractivity contribution is 5.95. The van der Waals surface area contributed by atoms with Crippen LogP contribution in [0.5, 0.6) is 11.5 Å². The Kier molecular flexibility index (Phi) is 7.06. The molecule has 0 radical (unpaired) electrons. The second kappa shape index (κ2) is 10.5. The molecular weight excluding hydrogens is 446 g/mol. The fourth-order valence-corrected chi connectivity index (χ4v) is 3.49. The number of carbonyl (C=O) groups is 2. The van der Waals surface area contributed by atoms with Crippen LogP contribution in [-0.4, -0.2) is 41.1 Å². The number of fused-ring (bicyclic) bond motifs is 1. The normalized spacial score (nSPS) is 10.9. The molecule has 0 fully saturated rings. The molecule has 2 aromatic carbocycles. The molecule has 4 rings (SSSR count). The number of anilines is 1. The van der Waals surface area contributed by atoms with E-state index in [0.29, 0.717) is 34.2 Å². The molecule has 2 aromatic heterocycles. The van der Waals surface area contributed by atoms with Crippen molar-refractivity contribution >= 4 is 29.4 Å². The van der Waals surface area contributed by atoms with Crippen LogP contribution < -0.4 is 20.2 Å². The largest absolute Gasteiger partial charge is 0.495 e. The van der Waals surface area contributed by atoms with Gasteiger partial charge in [0.2, 0.25) is 0 Å². The van der Waals surface area contributed by atoms with Crippen LogP contribution in [0, 0.1) is 13.8 Å². The summed E-state index contributed by atoms with van der Waals surface area (Å²) in [5.74, 6) is 0.443. The molecule has 0 aliphatic carbocycles. The van der Waals surface area contributed by atoms with Gasteiger partial charge in [0.15, 0.2) is 6.61 Å². The zero-order valence-electron chi connectivity index (χ0n) is 19.6. The number of hydrogen-bond donors (Lipinski definition) is 2. The van der Waals surface area contributed by atoms with Crippen LogP contribution in [0.1, 0.15) is 27.3 Å². The van der Waals surface area contributed by atoms with Crippen LogP contribution >= 0.6 is 0 Å². The molecule has 35 heavy (non-hydrogen) atoms. The maximum Gasteiger partial charge on any atom is 0.290 e. The van der Waals surface area contributed by atoms with Crippen molar-refractivity contribution in [2.75, 3.05) is 19.0 Å². The Morgan fingerprint density at radius 2 is 1.86 bits per heavy atom. The molecule has 4 aromatic rings. The van der Waals surface area contributed by atoms with Gasteiger partial charge >= 0.3 is 0 Å². The average Bonchev–Trinajstić information content (AvgIpc) is 3.18. The number of pyridine rings is 1. The zero-order chi connectivity index (χ0) is 24.8. The summed E-state index contributed by atoms with van der Waals surface area (Å²) >= 11 is 0. The van der Waals surface area contributed by atoms with Crippen molar-refractivity contribution in [3.63, 3.8) is 0 Å². The first-order valence-corrected chi connectivity index (χ1v) is 10.9. The lowest BCUT2D eigenvalue weighted by molar-refractivity contribution is -0.118. The first-order valence-electron chi connectivity index (χ1n) is 10.9. The number of amides is 2. The summed E-state index contributed by atoms with van der Waals surface area (Å²) in [5, 5.41) is 6.80. The molecule has 0 unspecified atom stereocenters. The van der Waals surface area contributed by atoms with E-state index in [2.05, 4.69) is 20.8 Å². The number of hydrogen-bond acceptors (Lipinski definition) is 6. The van der Waals surface area contributed by atoms with E-state index >= 15 is 0 Å². The molecule has 0 aliphatic heterocycles. The van der Waals surface area contributed by atoms with E-state index in [9.17, 15) is 9.59 Å². The first-order chi connectivity index (χ1) is 16.9. The van der Waals surface area contributed by atoms with Gasteiger partial charge in [0.05, 0.1) is 24.7 Å².